The Morgan fingerprint density at radius 2 is 1.72 bits per heavy atom. The molecule has 1 aromatic carbocycles. The molecule has 4 heteroatoms. The summed E-state index contributed by atoms with van der Waals surface area (Å²) in [5, 5.41) is 22.4. The van der Waals surface area contributed by atoms with Gasteiger partial charge in [-0.2, -0.15) is 0 Å². The molecular formula is C21H35NO3. The van der Waals surface area contributed by atoms with Gasteiger partial charge in [-0.1, -0.05) is 58.9 Å². The number of rotatable bonds is 12. The lowest BCUT2D eigenvalue weighted by Gasteiger charge is -2.26. The molecule has 0 aromatic heterocycles. The van der Waals surface area contributed by atoms with Gasteiger partial charge in [-0.25, -0.2) is 0 Å². The monoisotopic (exact) mass is 349 g/mol. The van der Waals surface area contributed by atoms with E-state index in [9.17, 15) is 15.0 Å². The van der Waals surface area contributed by atoms with Crippen LogP contribution in [-0.2, 0) is 10.2 Å². The third-order valence-corrected chi connectivity index (χ3v) is 4.77. The Kier molecular flexibility index (Phi) is 9.40. The van der Waals surface area contributed by atoms with Crippen LogP contribution >= 0.6 is 0 Å². The second-order valence-electron chi connectivity index (χ2n) is 7.56. The smallest absolute Gasteiger partial charge is 0.219 e. The maximum Gasteiger partial charge on any atom is 0.219 e. The van der Waals surface area contributed by atoms with E-state index in [1.165, 1.54) is 38.2 Å². The van der Waals surface area contributed by atoms with Crippen molar-refractivity contribution in [3.63, 3.8) is 0 Å². The molecule has 25 heavy (non-hydrogen) atoms. The van der Waals surface area contributed by atoms with Crippen LogP contribution in [0.2, 0.25) is 0 Å². The van der Waals surface area contributed by atoms with Gasteiger partial charge < -0.3 is 15.5 Å². The van der Waals surface area contributed by atoms with Crippen LogP contribution in [0.3, 0.4) is 0 Å². The van der Waals surface area contributed by atoms with Gasteiger partial charge in [0.1, 0.15) is 11.5 Å². The topological polar surface area (TPSA) is 69.6 Å². The maximum absolute atomic E-state index is 11.9. The summed E-state index contributed by atoms with van der Waals surface area (Å²) in [6.45, 7) is 7.08. The molecule has 1 aromatic rings. The highest BCUT2D eigenvalue weighted by Gasteiger charge is 2.24. The van der Waals surface area contributed by atoms with E-state index in [1.54, 1.807) is 12.1 Å². The fourth-order valence-corrected chi connectivity index (χ4v) is 3.14. The van der Waals surface area contributed by atoms with Gasteiger partial charge in [-0.3, -0.25) is 4.79 Å². The van der Waals surface area contributed by atoms with E-state index >= 15 is 0 Å². The van der Waals surface area contributed by atoms with Crippen LogP contribution in [0, 0.1) is 0 Å². The number of aromatic hydroxyl groups is 2. The van der Waals surface area contributed by atoms with Crippen molar-refractivity contribution in [2.24, 2.45) is 0 Å². The number of phenols is 2. The van der Waals surface area contributed by atoms with Crippen molar-refractivity contribution in [2.75, 3.05) is 6.54 Å². The second-order valence-corrected chi connectivity index (χ2v) is 7.56. The molecule has 4 nitrogen and oxygen atoms in total. The lowest BCUT2D eigenvalue weighted by atomic mass is 9.79. The van der Waals surface area contributed by atoms with E-state index < -0.39 is 0 Å². The zero-order chi connectivity index (χ0) is 18.7. The Labute approximate surface area is 152 Å². The van der Waals surface area contributed by atoms with Gasteiger partial charge in [0.05, 0.1) is 0 Å². The first kappa shape index (κ1) is 21.3. The van der Waals surface area contributed by atoms with Crippen molar-refractivity contribution in [3.05, 3.63) is 23.8 Å². The van der Waals surface area contributed by atoms with Crippen molar-refractivity contribution < 1.29 is 15.0 Å². The fraction of sp³-hybridized carbons (Fsp3) is 0.667. The van der Waals surface area contributed by atoms with Crippen molar-refractivity contribution >= 4 is 5.91 Å². The summed E-state index contributed by atoms with van der Waals surface area (Å²) in [5.74, 6) is 0.280. The highest BCUT2D eigenvalue weighted by atomic mass is 16.3. The molecule has 0 saturated carbocycles. The minimum atomic E-state index is -0.239. The summed E-state index contributed by atoms with van der Waals surface area (Å²) in [4.78, 5) is 11.9. The van der Waals surface area contributed by atoms with Gasteiger partial charge in [-0.15, -0.1) is 0 Å². The lowest BCUT2D eigenvalue weighted by molar-refractivity contribution is -0.121. The van der Waals surface area contributed by atoms with Crippen molar-refractivity contribution in [3.8, 4) is 11.5 Å². The van der Waals surface area contributed by atoms with E-state index in [0.717, 1.165) is 31.4 Å². The van der Waals surface area contributed by atoms with Crippen LogP contribution in [0.25, 0.3) is 0 Å². The molecule has 0 heterocycles. The number of phenolic OH excluding ortho intramolecular Hbond substituents is 2. The molecule has 0 spiro atoms. The van der Waals surface area contributed by atoms with Crippen LogP contribution in [0.4, 0.5) is 0 Å². The normalized spacial score (nSPS) is 11.5. The lowest BCUT2D eigenvalue weighted by Crippen LogP contribution is -2.25. The first-order valence-corrected chi connectivity index (χ1v) is 9.66. The Morgan fingerprint density at radius 1 is 1.04 bits per heavy atom. The number of nitrogens with one attached hydrogen (secondary N) is 1. The summed E-state index contributed by atoms with van der Waals surface area (Å²) in [6, 6.07) is 4.71. The van der Waals surface area contributed by atoms with E-state index in [1.807, 2.05) is 13.8 Å². The zero-order valence-corrected chi connectivity index (χ0v) is 16.1. The molecule has 142 valence electrons. The van der Waals surface area contributed by atoms with Gasteiger partial charge in [0.25, 0.3) is 0 Å². The minimum absolute atomic E-state index is 0.0612. The Bertz CT molecular complexity index is 526. The molecule has 0 bridgehead atoms. The van der Waals surface area contributed by atoms with Crippen LogP contribution in [0.15, 0.2) is 18.2 Å². The van der Waals surface area contributed by atoms with E-state index in [-0.39, 0.29) is 22.8 Å². The summed E-state index contributed by atoms with van der Waals surface area (Å²) < 4.78 is 0. The average Bonchev–Trinajstić information content (AvgIpc) is 2.53. The Balaban J connectivity index is 2.23. The predicted molar refractivity (Wildman–Crippen MR) is 103 cm³/mol. The summed E-state index contributed by atoms with van der Waals surface area (Å²) in [7, 11) is 0. The number of benzene rings is 1. The molecule has 0 aliphatic carbocycles. The maximum atomic E-state index is 11.9. The molecular weight excluding hydrogens is 314 g/mol. The number of hydrogen-bond acceptors (Lipinski definition) is 3. The summed E-state index contributed by atoms with van der Waals surface area (Å²) in [5.41, 5.74) is 0.565. The number of carbonyl (C=O) groups is 1. The van der Waals surface area contributed by atoms with Crippen LogP contribution < -0.4 is 5.32 Å². The SMILES string of the molecule is CCCCCCCCNC(=O)CCCC(C)(C)c1ccc(O)cc1O. The quantitative estimate of drug-likeness (QED) is 0.464. The number of hydrogen-bond donors (Lipinski definition) is 3. The molecule has 0 saturated heterocycles. The number of carbonyl (C=O) groups excluding carboxylic acids is 1. The molecule has 1 rings (SSSR count). The first-order valence-electron chi connectivity index (χ1n) is 9.66. The molecule has 0 unspecified atom stereocenters. The van der Waals surface area contributed by atoms with E-state index in [4.69, 9.17) is 0 Å². The van der Waals surface area contributed by atoms with Gasteiger partial charge in [0.2, 0.25) is 5.91 Å². The average molecular weight is 350 g/mol. The van der Waals surface area contributed by atoms with Crippen molar-refractivity contribution in [1.29, 1.82) is 0 Å². The largest absolute Gasteiger partial charge is 0.508 e. The van der Waals surface area contributed by atoms with E-state index in [2.05, 4.69) is 12.2 Å². The van der Waals surface area contributed by atoms with Crippen LogP contribution in [-0.4, -0.2) is 22.7 Å². The minimum Gasteiger partial charge on any atom is -0.508 e. The fourth-order valence-electron chi connectivity index (χ4n) is 3.14. The molecule has 0 aliphatic rings. The molecule has 0 radical (unpaired) electrons. The van der Waals surface area contributed by atoms with Gasteiger partial charge in [0.15, 0.2) is 0 Å². The van der Waals surface area contributed by atoms with Gasteiger partial charge in [-0.05, 0) is 36.3 Å². The second kappa shape index (κ2) is 11.0. The van der Waals surface area contributed by atoms with Crippen molar-refractivity contribution in [2.45, 2.75) is 84.0 Å². The highest BCUT2D eigenvalue weighted by Crippen LogP contribution is 2.36. The standard InChI is InChI=1S/C21H35NO3/c1-4-5-6-7-8-9-15-22-20(25)11-10-14-21(2,3)18-13-12-17(23)16-19(18)24/h12-13,16,23-24H,4-11,14-15H2,1-3H3,(H,22,25). The molecule has 0 aliphatic heterocycles. The van der Waals surface area contributed by atoms with Gasteiger partial charge >= 0.3 is 0 Å². The number of unbranched alkanes of at least 4 members (excludes halogenated alkanes) is 5. The highest BCUT2D eigenvalue weighted by molar-refractivity contribution is 5.75. The number of amides is 1. The molecule has 3 N–H and O–H groups in total. The zero-order valence-electron chi connectivity index (χ0n) is 16.1. The van der Waals surface area contributed by atoms with Gasteiger partial charge in [0, 0.05) is 19.0 Å². The molecule has 1 amide bonds. The van der Waals surface area contributed by atoms with Crippen molar-refractivity contribution in [1.82, 2.24) is 5.32 Å². The summed E-state index contributed by atoms with van der Waals surface area (Å²) in [6.07, 6.45) is 9.45. The predicted octanol–water partition coefficient (Wildman–Crippen LogP) is 5.02. The third kappa shape index (κ3) is 8.28. The molecule has 0 fully saturated rings. The van der Waals surface area contributed by atoms with E-state index in [0.29, 0.717) is 6.42 Å². The Morgan fingerprint density at radius 3 is 2.40 bits per heavy atom. The summed E-state index contributed by atoms with van der Waals surface area (Å²) >= 11 is 0. The first-order chi connectivity index (χ1) is 11.9. The Hall–Kier alpha value is -1.71. The third-order valence-electron chi connectivity index (χ3n) is 4.77. The van der Waals surface area contributed by atoms with Crippen LogP contribution in [0.5, 0.6) is 11.5 Å². The van der Waals surface area contributed by atoms with Crippen LogP contribution in [0.1, 0.15) is 84.1 Å². The molecule has 0 atom stereocenters.